The van der Waals surface area contributed by atoms with Gasteiger partial charge in [0.2, 0.25) is 0 Å². The Bertz CT molecular complexity index is 1510. The average Bonchev–Trinajstić information content (AvgIpc) is 3.47. The van der Waals surface area contributed by atoms with Crippen LogP contribution < -0.4 is 0 Å². The summed E-state index contributed by atoms with van der Waals surface area (Å²) in [5, 5.41) is 0.950. The van der Waals surface area contributed by atoms with Gasteiger partial charge in [-0.05, 0) is 18.2 Å². The van der Waals surface area contributed by atoms with Crippen LogP contribution in [0.3, 0.4) is 0 Å². The summed E-state index contributed by atoms with van der Waals surface area (Å²) in [7, 11) is 0. The summed E-state index contributed by atoms with van der Waals surface area (Å²) in [4.78, 5) is 12.3. The zero-order valence-electron chi connectivity index (χ0n) is 16.7. The molecule has 0 unspecified atom stereocenters. The lowest BCUT2D eigenvalue weighted by molar-refractivity contribution is 1.05. The first-order chi connectivity index (χ1) is 15.7. The molecule has 0 amide bonds. The van der Waals surface area contributed by atoms with E-state index in [1.165, 1.54) is 0 Å². The van der Waals surface area contributed by atoms with Crippen molar-refractivity contribution >= 4 is 62.1 Å². The van der Waals surface area contributed by atoms with E-state index in [4.69, 9.17) is 34.4 Å². The van der Waals surface area contributed by atoms with Crippen molar-refractivity contribution in [2.45, 2.75) is 0 Å². The van der Waals surface area contributed by atoms with Crippen LogP contribution in [0.2, 0.25) is 0 Å². The predicted molar refractivity (Wildman–Crippen MR) is 140 cm³/mol. The Kier molecular flexibility index (Phi) is 4.64. The van der Waals surface area contributed by atoms with Crippen LogP contribution in [-0.4, -0.2) is 24.3 Å². The largest absolute Gasteiger partial charge is 0.276 e. The normalized spacial score (nSPS) is 13.1. The van der Waals surface area contributed by atoms with E-state index in [1.54, 1.807) is 11.3 Å². The molecule has 152 valence electrons. The quantitative estimate of drug-likeness (QED) is 0.220. The van der Waals surface area contributed by atoms with Crippen molar-refractivity contribution in [2.24, 2.45) is 0 Å². The van der Waals surface area contributed by atoms with Gasteiger partial charge < -0.3 is 0 Å². The third-order valence-corrected chi connectivity index (χ3v) is 7.33. The molecule has 0 atom stereocenters. The van der Waals surface area contributed by atoms with E-state index >= 15 is 0 Å². The SMILES string of the molecule is S=C1C(=Cc2nc3sc(-c4ccccc4)nc3n2-c2ccccc2)C(=S)c2ccccc21. The van der Waals surface area contributed by atoms with Crippen LogP contribution in [0.5, 0.6) is 0 Å². The molecule has 0 N–H and O–H groups in total. The number of thiocarbonyl (C=S) groups is 2. The van der Waals surface area contributed by atoms with Gasteiger partial charge in [-0.3, -0.25) is 4.57 Å². The number of hydrogen-bond donors (Lipinski definition) is 0. The number of rotatable bonds is 3. The molecular formula is C26H15N3S3. The average molecular weight is 466 g/mol. The summed E-state index contributed by atoms with van der Waals surface area (Å²) in [6, 6.07) is 28.4. The molecule has 0 radical (unpaired) electrons. The molecule has 5 aromatic rings. The van der Waals surface area contributed by atoms with E-state index in [0.29, 0.717) is 0 Å². The Hall–Kier alpha value is -3.32. The number of imidazole rings is 1. The van der Waals surface area contributed by atoms with E-state index in [1.807, 2.05) is 66.7 Å². The molecular weight excluding hydrogens is 451 g/mol. The molecule has 0 saturated heterocycles. The Labute approximate surface area is 199 Å². The minimum atomic E-state index is 0.773. The summed E-state index contributed by atoms with van der Waals surface area (Å²) in [6.45, 7) is 0. The Morgan fingerprint density at radius 3 is 1.97 bits per heavy atom. The molecule has 2 heterocycles. The lowest BCUT2D eigenvalue weighted by Gasteiger charge is -2.07. The van der Waals surface area contributed by atoms with Crippen LogP contribution in [0.4, 0.5) is 0 Å². The molecule has 2 aromatic heterocycles. The fraction of sp³-hybridized carbons (Fsp3) is 0. The monoisotopic (exact) mass is 465 g/mol. The lowest BCUT2D eigenvalue weighted by Crippen LogP contribution is -2.03. The molecule has 0 fully saturated rings. The molecule has 1 aliphatic rings. The van der Waals surface area contributed by atoms with Crippen LogP contribution in [0, 0.1) is 0 Å². The smallest absolute Gasteiger partial charge is 0.177 e. The van der Waals surface area contributed by atoms with Gasteiger partial charge >= 0.3 is 0 Å². The van der Waals surface area contributed by atoms with E-state index in [2.05, 4.69) is 28.8 Å². The van der Waals surface area contributed by atoms with Crippen molar-refractivity contribution in [3.63, 3.8) is 0 Å². The topological polar surface area (TPSA) is 30.7 Å². The molecule has 3 aromatic carbocycles. The highest BCUT2D eigenvalue weighted by Crippen LogP contribution is 2.34. The maximum absolute atomic E-state index is 5.77. The molecule has 0 saturated carbocycles. The van der Waals surface area contributed by atoms with Crippen molar-refractivity contribution in [2.75, 3.05) is 0 Å². The van der Waals surface area contributed by atoms with E-state index in [-0.39, 0.29) is 0 Å². The molecule has 1 aliphatic carbocycles. The van der Waals surface area contributed by atoms with Gasteiger partial charge in [-0.1, -0.05) is 109 Å². The summed E-state index contributed by atoms with van der Waals surface area (Å²) in [6.07, 6.45) is 2.01. The summed E-state index contributed by atoms with van der Waals surface area (Å²) < 4.78 is 2.08. The zero-order valence-corrected chi connectivity index (χ0v) is 19.2. The summed E-state index contributed by atoms with van der Waals surface area (Å²) >= 11 is 13.1. The molecule has 32 heavy (non-hydrogen) atoms. The minimum absolute atomic E-state index is 0.773. The van der Waals surface area contributed by atoms with Crippen molar-refractivity contribution < 1.29 is 0 Å². The summed E-state index contributed by atoms with van der Waals surface area (Å²) in [5.74, 6) is 0.775. The van der Waals surface area contributed by atoms with E-state index < -0.39 is 0 Å². The van der Waals surface area contributed by atoms with Crippen LogP contribution in [-0.2, 0) is 0 Å². The van der Waals surface area contributed by atoms with Gasteiger partial charge in [-0.2, -0.15) is 0 Å². The van der Waals surface area contributed by atoms with Gasteiger partial charge in [-0.25, -0.2) is 9.97 Å². The predicted octanol–water partition coefficient (Wildman–Crippen LogP) is 6.68. The van der Waals surface area contributed by atoms with E-state index in [0.717, 1.165) is 59.0 Å². The van der Waals surface area contributed by atoms with Crippen molar-refractivity contribution in [3.05, 3.63) is 107 Å². The van der Waals surface area contributed by atoms with Crippen LogP contribution in [0.1, 0.15) is 17.0 Å². The first-order valence-corrected chi connectivity index (χ1v) is 11.7. The van der Waals surface area contributed by atoms with Gasteiger partial charge in [0.15, 0.2) is 10.5 Å². The second-order valence-electron chi connectivity index (χ2n) is 7.42. The zero-order chi connectivity index (χ0) is 21.7. The molecule has 6 rings (SSSR count). The van der Waals surface area contributed by atoms with Gasteiger partial charge in [0, 0.05) is 28.0 Å². The Morgan fingerprint density at radius 1 is 0.719 bits per heavy atom. The molecule has 0 bridgehead atoms. The standard InChI is InChI=1S/C26H15N3S3/c30-22-18-13-7-8-14-19(18)23(31)20(22)15-21-27-26-24(29(21)17-11-5-2-6-12-17)28-25(32-26)16-9-3-1-4-10-16/h1-15H. The number of nitrogens with zero attached hydrogens (tertiary/aromatic N) is 3. The summed E-state index contributed by atoms with van der Waals surface area (Å²) in [5.41, 5.74) is 5.82. The molecule has 0 aliphatic heterocycles. The van der Waals surface area contributed by atoms with Gasteiger partial charge in [0.05, 0.1) is 9.73 Å². The fourth-order valence-electron chi connectivity index (χ4n) is 3.95. The van der Waals surface area contributed by atoms with Crippen LogP contribution in [0.25, 0.3) is 32.8 Å². The molecule has 3 nitrogen and oxygen atoms in total. The second kappa shape index (κ2) is 7.67. The first-order valence-electron chi connectivity index (χ1n) is 10.1. The Morgan fingerprint density at radius 2 is 1.31 bits per heavy atom. The molecule has 0 spiro atoms. The third kappa shape index (κ3) is 3.07. The number of para-hydroxylation sites is 1. The first kappa shape index (κ1) is 19.4. The highest BCUT2D eigenvalue weighted by molar-refractivity contribution is 7.84. The number of hydrogen-bond acceptors (Lipinski definition) is 5. The fourth-order valence-corrected chi connectivity index (χ4v) is 5.63. The van der Waals surface area contributed by atoms with Gasteiger partial charge in [-0.15, -0.1) is 0 Å². The highest BCUT2D eigenvalue weighted by atomic mass is 32.1. The number of allylic oxidation sites excluding steroid dienone is 1. The van der Waals surface area contributed by atoms with E-state index in [9.17, 15) is 0 Å². The van der Waals surface area contributed by atoms with Crippen molar-refractivity contribution in [1.82, 2.24) is 14.5 Å². The lowest BCUT2D eigenvalue weighted by atomic mass is 10.1. The number of benzene rings is 3. The maximum Gasteiger partial charge on any atom is 0.177 e. The second-order valence-corrected chi connectivity index (χ2v) is 9.21. The molecule has 6 heteroatoms. The number of aromatic nitrogens is 3. The Balaban J connectivity index is 1.55. The number of fused-ring (bicyclic) bond motifs is 2. The maximum atomic E-state index is 5.77. The van der Waals surface area contributed by atoms with Crippen molar-refractivity contribution in [3.8, 4) is 16.3 Å². The van der Waals surface area contributed by atoms with Crippen molar-refractivity contribution in [1.29, 1.82) is 0 Å². The minimum Gasteiger partial charge on any atom is -0.276 e. The van der Waals surface area contributed by atoms with Gasteiger partial charge in [0.25, 0.3) is 0 Å². The number of thiazole rings is 1. The third-order valence-electron chi connectivity index (χ3n) is 5.46. The van der Waals surface area contributed by atoms with Gasteiger partial charge in [0.1, 0.15) is 10.8 Å². The highest BCUT2D eigenvalue weighted by Gasteiger charge is 2.27. The van der Waals surface area contributed by atoms with Crippen LogP contribution in [0.15, 0.2) is 90.5 Å². The van der Waals surface area contributed by atoms with Crippen LogP contribution >= 0.6 is 35.8 Å².